The number of carbonyl (C=O) groups excluding carboxylic acids is 1. The third-order valence-electron chi connectivity index (χ3n) is 2.49. The van der Waals surface area contributed by atoms with E-state index in [4.69, 9.17) is 17.3 Å². The lowest BCUT2D eigenvalue weighted by atomic mass is 10.2. The van der Waals surface area contributed by atoms with Crippen molar-refractivity contribution < 1.29 is 9.18 Å². The van der Waals surface area contributed by atoms with Crippen LogP contribution in [0.25, 0.3) is 0 Å². The number of aryl methyl sites for hydroxylation is 1. The highest BCUT2D eigenvalue weighted by atomic mass is 35.5. The molecule has 0 atom stereocenters. The van der Waals surface area contributed by atoms with Gasteiger partial charge in [-0.05, 0) is 30.7 Å². The maximum absolute atomic E-state index is 13.5. The monoisotopic (exact) mass is 279 g/mol. The van der Waals surface area contributed by atoms with E-state index in [1.807, 2.05) is 0 Å². The van der Waals surface area contributed by atoms with Crippen LogP contribution in [0.4, 0.5) is 15.9 Å². The molecule has 1 aromatic carbocycles. The van der Waals surface area contributed by atoms with E-state index in [1.54, 1.807) is 13.0 Å². The SMILES string of the molecule is Cc1ccc(F)c(NC(=O)c2cc(N)ncc2Cl)c1. The van der Waals surface area contributed by atoms with Gasteiger partial charge in [0, 0.05) is 6.20 Å². The molecule has 0 aliphatic carbocycles. The summed E-state index contributed by atoms with van der Waals surface area (Å²) >= 11 is 5.86. The van der Waals surface area contributed by atoms with E-state index in [0.29, 0.717) is 0 Å². The van der Waals surface area contributed by atoms with Crippen molar-refractivity contribution in [2.75, 3.05) is 11.1 Å². The number of amides is 1. The Bertz CT molecular complexity index is 646. The highest BCUT2D eigenvalue weighted by Crippen LogP contribution is 2.20. The number of nitrogen functional groups attached to an aromatic ring is 1. The number of carbonyl (C=O) groups is 1. The lowest BCUT2D eigenvalue weighted by molar-refractivity contribution is 0.102. The van der Waals surface area contributed by atoms with Crippen LogP contribution in [0, 0.1) is 12.7 Å². The zero-order valence-electron chi connectivity index (χ0n) is 10.1. The van der Waals surface area contributed by atoms with E-state index in [2.05, 4.69) is 10.3 Å². The van der Waals surface area contributed by atoms with Crippen molar-refractivity contribution in [3.63, 3.8) is 0 Å². The molecule has 6 heteroatoms. The molecule has 19 heavy (non-hydrogen) atoms. The summed E-state index contributed by atoms with van der Waals surface area (Å²) in [5.74, 6) is -0.889. The highest BCUT2D eigenvalue weighted by Gasteiger charge is 2.13. The van der Waals surface area contributed by atoms with Gasteiger partial charge in [-0.15, -0.1) is 0 Å². The molecule has 0 saturated carbocycles. The summed E-state index contributed by atoms with van der Waals surface area (Å²) in [5.41, 5.74) is 6.56. The number of hydrogen-bond donors (Lipinski definition) is 2. The zero-order chi connectivity index (χ0) is 14.0. The zero-order valence-corrected chi connectivity index (χ0v) is 10.8. The normalized spacial score (nSPS) is 10.3. The van der Waals surface area contributed by atoms with Gasteiger partial charge in [-0.3, -0.25) is 4.79 Å². The Hall–Kier alpha value is -2.14. The summed E-state index contributed by atoms with van der Waals surface area (Å²) in [5, 5.41) is 2.61. The first-order chi connectivity index (χ1) is 8.97. The lowest BCUT2D eigenvalue weighted by Gasteiger charge is -2.08. The standard InChI is InChI=1S/C13H11ClFN3O/c1-7-2-3-10(15)11(4-7)18-13(19)8-5-12(16)17-6-9(8)14/h2-6H,1H3,(H2,16,17)(H,18,19). The average Bonchev–Trinajstić information content (AvgIpc) is 2.36. The largest absolute Gasteiger partial charge is 0.384 e. The minimum Gasteiger partial charge on any atom is -0.384 e. The fourth-order valence-corrected chi connectivity index (χ4v) is 1.74. The molecule has 0 radical (unpaired) electrons. The molecule has 2 rings (SSSR count). The molecule has 0 unspecified atom stereocenters. The van der Waals surface area contributed by atoms with Gasteiger partial charge in [0.2, 0.25) is 0 Å². The third kappa shape index (κ3) is 3.00. The Morgan fingerprint density at radius 3 is 2.89 bits per heavy atom. The molecule has 0 aliphatic heterocycles. The topological polar surface area (TPSA) is 68.0 Å². The molecule has 2 aromatic rings. The van der Waals surface area contributed by atoms with Gasteiger partial charge in [0.1, 0.15) is 11.6 Å². The summed E-state index contributed by atoms with van der Waals surface area (Å²) in [4.78, 5) is 15.8. The molecule has 1 aromatic heterocycles. The fraction of sp³-hybridized carbons (Fsp3) is 0.0769. The Morgan fingerprint density at radius 1 is 1.42 bits per heavy atom. The van der Waals surface area contributed by atoms with Crippen LogP contribution in [0.3, 0.4) is 0 Å². The van der Waals surface area contributed by atoms with E-state index < -0.39 is 11.7 Å². The number of nitrogens with one attached hydrogen (secondary N) is 1. The predicted octanol–water partition coefficient (Wildman–Crippen LogP) is 3.02. The van der Waals surface area contributed by atoms with E-state index in [9.17, 15) is 9.18 Å². The van der Waals surface area contributed by atoms with Gasteiger partial charge in [0.25, 0.3) is 5.91 Å². The molecule has 0 aliphatic rings. The summed E-state index contributed by atoms with van der Waals surface area (Å²) < 4.78 is 13.5. The fourth-order valence-electron chi connectivity index (χ4n) is 1.55. The first kappa shape index (κ1) is 13.3. The van der Waals surface area contributed by atoms with Gasteiger partial charge in [-0.2, -0.15) is 0 Å². The number of anilines is 2. The maximum atomic E-state index is 13.5. The number of benzene rings is 1. The van der Waals surface area contributed by atoms with Crippen LogP contribution in [0.5, 0.6) is 0 Å². The second-order valence-electron chi connectivity index (χ2n) is 4.03. The predicted molar refractivity (Wildman–Crippen MR) is 72.7 cm³/mol. The molecule has 0 fully saturated rings. The number of nitrogens with zero attached hydrogens (tertiary/aromatic N) is 1. The van der Waals surface area contributed by atoms with E-state index in [0.717, 1.165) is 5.56 Å². The molecule has 0 saturated heterocycles. The summed E-state index contributed by atoms with van der Waals surface area (Å²) in [6, 6.07) is 5.77. The molecule has 3 N–H and O–H groups in total. The molecule has 4 nitrogen and oxygen atoms in total. The van der Waals surface area contributed by atoms with E-state index >= 15 is 0 Å². The Kier molecular flexibility index (Phi) is 3.66. The molecule has 0 bridgehead atoms. The van der Waals surface area contributed by atoms with Crippen molar-refractivity contribution in [2.24, 2.45) is 0 Å². The van der Waals surface area contributed by atoms with Crippen LogP contribution < -0.4 is 11.1 Å². The average molecular weight is 280 g/mol. The number of hydrogen-bond acceptors (Lipinski definition) is 3. The van der Waals surface area contributed by atoms with Crippen LogP contribution in [-0.4, -0.2) is 10.9 Å². The first-order valence-electron chi connectivity index (χ1n) is 5.46. The first-order valence-corrected chi connectivity index (χ1v) is 5.83. The van der Waals surface area contributed by atoms with Crippen molar-refractivity contribution >= 4 is 29.0 Å². The summed E-state index contributed by atoms with van der Waals surface area (Å²) in [6.45, 7) is 1.80. The quantitative estimate of drug-likeness (QED) is 0.888. The van der Waals surface area contributed by atoms with Gasteiger partial charge in [0.15, 0.2) is 0 Å². The summed E-state index contributed by atoms with van der Waals surface area (Å²) in [7, 11) is 0. The van der Waals surface area contributed by atoms with Gasteiger partial charge in [0.05, 0.1) is 16.3 Å². The molecule has 1 amide bonds. The molecule has 1 heterocycles. The number of nitrogens with two attached hydrogens (primary N) is 1. The Morgan fingerprint density at radius 2 is 2.16 bits per heavy atom. The second-order valence-corrected chi connectivity index (χ2v) is 4.43. The minimum absolute atomic E-state index is 0.0939. The van der Waals surface area contributed by atoms with Crippen LogP contribution >= 0.6 is 11.6 Å². The molecule has 98 valence electrons. The van der Waals surface area contributed by atoms with Crippen molar-refractivity contribution in [1.82, 2.24) is 4.98 Å². The minimum atomic E-state index is -0.538. The van der Waals surface area contributed by atoms with Crippen LogP contribution in [0.15, 0.2) is 30.5 Å². The Labute approximate surface area is 114 Å². The van der Waals surface area contributed by atoms with Gasteiger partial charge >= 0.3 is 0 Å². The van der Waals surface area contributed by atoms with Crippen molar-refractivity contribution in [1.29, 1.82) is 0 Å². The second kappa shape index (κ2) is 5.24. The summed E-state index contributed by atoms with van der Waals surface area (Å²) in [6.07, 6.45) is 1.28. The smallest absolute Gasteiger partial charge is 0.257 e. The number of aromatic nitrogens is 1. The third-order valence-corrected chi connectivity index (χ3v) is 2.79. The van der Waals surface area contributed by atoms with E-state index in [-0.39, 0.29) is 22.1 Å². The lowest BCUT2D eigenvalue weighted by Crippen LogP contribution is -2.14. The number of pyridine rings is 1. The molecule has 0 spiro atoms. The van der Waals surface area contributed by atoms with Crippen molar-refractivity contribution in [3.8, 4) is 0 Å². The van der Waals surface area contributed by atoms with Crippen LogP contribution in [-0.2, 0) is 0 Å². The molecular formula is C13H11ClFN3O. The van der Waals surface area contributed by atoms with E-state index in [1.165, 1.54) is 24.4 Å². The van der Waals surface area contributed by atoms with Gasteiger partial charge < -0.3 is 11.1 Å². The number of halogens is 2. The van der Waals surface area contributed by atoms with Crippen molar-refractivity contribution in [2.45, 2.75) is 6.92 Å². The van der Waals surface area contributed by atoms with Crippen LogP contribution in [0.1, 0.15) is 15.9 Å². The van der Waals surface area contributed by atoms with Gasteiger partial charge in [-0.1, -0.05) is 17.7 Å². The van der Waals surface area contributed by atoms with Crippen molar-refractivity contribution in [3.05, 3.63) is 52.4 Å². The van der Waals surface area contributed by atoms with Crippen LogP contribution in [0.2, 0.25) is 5.02 Å². The number of rotatable bonds is 2. The highest BCUT2D eigenvalue weighted by molar-refractivity contribution is 6.34. The maximum Gasteiger partial charge on any atom is 0.257 e. The van der Waals surface area contributed by atoms with Gasteiger partial charge in [-0.25, -0.2) is 9.37 Å². The molecular weight excluding hydrogens is 269 g/mol. The Balaban J connectivity index is 2.30.